The van der Waals surface area contributed by atoms with Gasteiger partial charge in [0.15, 0.2) is 17.3 Å². The van der Waals surface area contributed by atoms with Crippen LogP contribution in [-0.4, -0.2) is 71.9 Å². The lowest BCUT2D eigenvalue weighted by molar-refractivity contribution is 0.0965. The van der Waals surface area contributed by atoms with Crippen molar-refractivity contribution in [2.75, 3.05) is 39.3 Å². The number of likely N-dealkylation sites (tertiary alicyclic amines) is 2. The molecule has 6 heteroatoms. The van der Waals surface area contributed by atoms with Crippen LogP contribution in [0.3, 0.4) is 0 Å². The maximum absolute atomic E-state index is 13.2. The molecule has 0 radical (unpaired) electrons. The van der Waals surface area contributed by atoms with Gasteiger partial charge < -0.3 is 15.3 Å². The first-order valence-electron chi connectivity index (χ1n) is 13.9. The minimum atomic E-state index is -0.0778. The molecule has 0 bridgehead atoms. The Balaban J connectivity index is 0.00000320. The Bertz CT molecular complexity index is 1040. The fourth-order valence-corrected chi connectivity index (χ4v) is 6.01. The van der Waals surface area contributed by atoms with Crippen molar-refractivity contribution in [1.29, 1.82) is 0 Å². The highest BCUT2D eigenvalue weighted by molar-refractivity contribution is 6.23. The van der Waals surface area contributed by atoms with Crippen LogP contribution in [0.4, 0.5) is 0 Å². The summed E-state index contributed by atoms with van der Waals surface area (Å²) in [6, 6.07) is 11.0. The fraction of sp³-hybridized carbons (Fsp3) is 0.516. The second kappa shape index (κ2) is 12.7. The maximum Gasteiger partial charge on any atom is 0.194 e. The second-order valence-corrected chi connectivity index (χ2v) is 10.7. The van der Waals surface area contributed by atoms with Gasteiger partial charge in [-0.2, -0.15) is 0 Å². The summed E-state index contributed by atoms with van der Waals surface area (Å²) in [5.41, 5.74) is 4.13. The van der Waals surface area contributed by atoms with E-state index in [0.29, 0.717) is 35.1 Å². The van der Waals surface area contributed by atoms with E-state index in [4.69, 9.17) is 0 Å². The Kier molecular flexibility index (Phi) is 9.41. The third kappa shape index (κ3) is 6.43. The summed E-state index contributed by atoms with van der Waals surface area (Å²) < 4.78 is 0. The number of carbonyl (C=O) groups excluding carboxylic acids is 3. The van der Waals surface area contributed by atoms with E-state index in [2.05, 4.69) is 9.80 Å². The number of ketones is 3. The molecule has 0 atom stereocenters. The Morgan fingerprint density at radius 1 is 0.595 bits per heavy atom. The zero-order valence-electron chi connectivity index (χ0n) is 21.9. The number of carbonyl (C=O) groups is 3. The number of rotatable bonds is 10. The van der Waals surface area contributed by atoms with Crippen molar-refractivity contribution in [2.45, 2.75) is 64.2 Å². The molecule has 2 fully saturated rings. The highest BCUT2D eigenvalue weighted by atomic mass is 16.1. The Labute approximate surface area is 220 Å². The van der Waals surface area contributed by atoms with E-state index >= 15 is 0 Å². The van der Waals surface area contributed by atoms with Gasteiger partial charge in [-0.3, -0.25) is 14.4 Å². The number of nitrogens with zero attached hydrogens (tertiary/aromatic N) is 2. The van der Waals surface area contributed by atoms with Crippen LogP contribution in [0.1, 0.15) is 101 Å². The first kappa shape index (κ1) is 27.4. The molecular weight excluding hydrogens is 464 g/mol. The van der Waals surface area contributed by atoms with Crippen molar-refractivity contribution < 1.29 is 19.9 Å². The van der Waals surface area contributed by atoms with E-state index in [9.17, 15) is 14.4 Å². The van der Waals surface area contributed by atoms with Crippen molar-refractivity contribution in [3.05, 3.63) is 58.7 Å². The predicted molar refractivity (Wildman–Crippen MR) is 147 cm³/mol. The number of piperidine rings is 2. The van der Waals surface area contributed by atoms with E-state index in [-0.39, 0.29) is 22.8 Å². The molecule has 5 rings (SSSR count). The summed E-state index contributed by atoms with van der Waals surface area (Å²) in [4.78, 5) is 43.8. The predicted octanol–water partition coefficient (Wildman–Crippen LogP) is 4.97. The molecule has 3 aliphatic rings. The zero-order valence-corrected chi connectivity index (χ0v) is 21.9. The van der Waals surface area contributed by atoms with Gasteiger partial charge in [0.05, 0.1) is 0 Å². The normalized spacial score (nSPS) is 17.7. The van der Waals surface area contributed by atoms with Crippen LogP contribution >= 0.6 is 0 Å². The van der Waals surface area contributed by atoms with Gasteiger partial charge in [0.25, 0.3) is 0 Å². The molecule has 6 nitrogen and oxygen atoms in total. The first-order chi connectivity index (χ1) is 17.6. The SMILES string of the molecule is O.O=C(CCCN1CCCCC1)c1ccc2c(c1)C(=O)c1cc(C(=O)CCCN3CCCCC3)ccc1-2. The zero-order chi connectivity index (χ0) is 24.9. The second-order valence-electron chi connectivity index (χ2n) is 10.7. The number of benzene rings is 2. The van der Waals surface area contributed by atoms with Gasteiger partial charge in [-0.1, -0.05) is 37.1 Å². The number of hydrogen-bond acceptors (Lipinski definition) is 5. The van der Waals surface area contributed by atoms with Crippen molar-refractivity contribution in [2.24, 2.45) is 0 Å². The van der Waals surface area contributed by atoms with Gasteiger partial charge >= 0.3 is 0 Å². The maximum atomic E-state index is 13.2. The Morgan fingerprint density at radius 2 is 1.00 bits per heavy atom. The quantitative estimate of drug-likeness (QED) is 0.364. The molecule has 198 valence electrons. The molecule has 2 N–H and O–H groups in total. The molecule has 0 saturated carbocycles. The van der Waals surface area contributed by atoms with Crippen molar-refractivity contribution in [3.63, 3.8) is 0 Å². The third-order valence-electron chi connectivity index (χ3n) is 8.12. The summed E-state index contributed by atoms with van der Waals surface area (Å²) in [6.07, 6.45) is 10.4. The van der Waals surface area contributed by atoms with Crippen LogP contribution in [0.5, 0.6) is 0 Å². The molecule has 0 spiro atoms. The number of Topliss-reactive ketones (excluding diaryl/α,β-unsaturated/α-hetero) is 2. The lowest BCUT2D eigenvalue weighted by Crippen LogP contribution is -2.30. The van der Waals surface area contributed by atoms with Gasteiger partial charge in [0.2, 0.25) is 0 Å². The summed E-state index contributed by atoms with van der Waals surface area (Å²) in [5.74, 6) is 0.122. The summed E-state index contributed by atoms with van der Waals surface area (Å²) in [5, 5.41) is 0. The highest BCUT2D eigenvalue weighted by Gasteiger charge is 2.28. The van der Waals surface area contributed by atoms with Crippen LogP contribution in [-0.2, 0) is 0 Å². The average molecular weight is 505 g/mol. The van der Waals surface area contributed by atoms with Crippen LogP contribution in [0, 0.1) is 0 Å². The topological polar surface area (TPSA) is 89.2 Å². The monoisotopic (exact) mass is 504 g/mol. The van der Waals surface area contributed by atoms with Crippen molar-refractivity contribution >= 4 is 17.3 Å². The first-order valence-corrected chi connectivity index (χ1v) is 13.9. The molecule has 2 aromatic rings. The van der Waals surface area contributed by atoms with Crippen molar-refractivity contribution in [3.8, 4) is 11.1 Å². The molecule has 2 aliphatic heterocycles. The van der Waals surface area contributed by atoms with Gasteiger partial charge in [-0.15, -0.1) is 0 Å². The van der Waals surface area contributed by atoms with Gasteiger partial charge in [-0.05, 0) is 101 Å². The lowest BCUT2D eigenvalue weighted by Gasteiger charge is -2.26. The molecule has 0 amide bonds. The number of hydrogen-bond donors (Lipinski definition) is 0. The standard InChI is InChI=1S/C31H38N2O3.H2O/c34-29(9-7-19-32-15-3-1-4-16-32)23-11-13-25-26-14-12-24(22-28(26)31(36)27(25)21-23)30(35)10-8-20-33-17-5-2-6-18-33;/h11-14,21-22H,1-10,15-20H2;1H2. The molecule has 2 saturated heterocycles. The van der Waals surface area contributed by atoms with Gasteiger partial charge in [0.1, 0.15) is 0 Å². The van der Waals surface area contributed by atoms with E-state index in [1.165, 1.54) is 38.5 Å². The van der Waals surface area contributed by atoms with E-state index < -0.39 is 0 Å². The summed E-state index contributed by atoms with van der Waals surface area (Å²) in [7, 11) is 0. The Hall–Kier alpha value is -2.67. The molecule has 0 unspecified atom stereocenters. The van der Waals surface area contributed by atoms with Crippen LogP contribution in [0.25, 0.3) is 11.1 Å². The average Bonchev–Trinajstić information content (AvgIpc) is 3.20. The number of fused-ring (bicyclic) bond motifs is 3. The van der Waals surface area contributed by atoms with Crippen molar-refractivity contribution in [1.82, 2.24) is 9.80 Å². The largest absolute Gasteiger partial charge is 0.412 e. The van der Waals surface area contributed by atoms with E-state index in [0.717, 1.165) is 63.2 Å². The third-order valence-corrected chi connectivity index (χ3v) is 8.12. The molecular formula is C31H40N2O4. The van der Waals surface area contributed by atoms with Crippen LogP contribution < -0.4 is 0 Å². The molecule has 1 aliphatic carbocycles. The Morgan fingerprint density at radius 3 is 1.41 bits per heavy atom. The van der Waals surface area contributed by atoms with Gasteiger partial charge in [-0.25, -0.2) is 0 Å². The fourth-order valence-electron chi connectivity index (χ4n) is 6.01. The molecule has 0 aromatic heterocycles. The lowest BCUT2D eigenvalue weighted by atomic mass is 9.98. The molecule has 37 heavy (non-hydrogen) atoms. The minimum absolute atomic E-state index is 0. The summed E-state index contributed by atoms with van der Waals surface area (Å²) in [6.45, 7) is 6.50. The van der Waals surface area contributed by atoms with E-state index in [1.54, 1.807) is 12.1 Å². The van der Waals surface area contributed by atoms with Gasteiger partial charge in [0, 0.05) is 35.1 Å². The van der Waals surface area contributed by atoms with Crippen LogP contribution in [0.2, 0.25) is 0 Å². The summed E-state index contributed by atoms with van der Waals surface area (Å²) >= 11 is 0. The van der Waals surface area contributed by atoms with E-state index in [1.807, 2.05) is 24.3 Å². The highest BCUT2D eigenvalue weighted by Crippen LogP contribution is 2.38. The molecule has 2 heterocycles. The smallest absolute Gasteiger partial charge is 0.194 e. The minimum Gasteiger partial charge on any atom is -0.412 e. The molecule has 2 aromatic carbocycles. The van der Waals surface area contributed by atoms with Crippen LogP contribution in [0.15, 0.2) is 36.4 Å².